The smallest absolute Gasteiger partial charge is 0.550 e. The monoisotopic (exact) mass is 812 g/mol. The molecule has 5 N–H and O–H groups in total. The molecule has 2 fully saturated rings. The van der Waals surface area contributed by atoms with Crippen molar-refractivity contribution in [2.75, 3.05) is 13.2 Å². The van der Waals surface area contributed by atoms with Crippen LogP contribution in [0.25, 0.3) is 0 Å². The van der Waals surface area contributed by atoms with Crippen molar-refractivity contribution in [2.45, 2.75) is 123 Å². The first-order chi connectivity index (χ1) is 24.7. The fraction of sp³-hybridized carbons (Fsp3) is 0.700. The third-order valence-corrected chi connectivity index (χ3v) is 5.77. The van der Waals surface area contributed by atoms with Crippen molar-refractivity contribution in [2.24, 2.45) is 0 Å². The van der Waals surface area contributed by atoms with Crippen molar-refractivity contribution in [3.8, 4) is 0 Å². The maximum Gasteiger partial charge on any atom is 1.00 e. The number of hydrogen-bond acceptors (Lipinski definition) is 24. The fourth-order valence-electron chi connectivity index (χ4n) is 4.11. The number of carboxylic acid groups (broad SMARTS) is 1. The van der Waals surface area contributed by atoms with Gasteiger partial charge < -0.3 is 78.1 Å². The third-order valence-electron chi connectivity index (χ3n) is 5.77. The molecular weight excluding hydrogens is 767 g/mol. The second kappa shape index (κ2) is 26.9. The molecule has 25 heteroatoms. The van der Waals surface area contributed by atoms with Crippen molar-refractivity contribution in [1.29, 1.82) is 0 Å². The maximum absolute atomic E-state index is 11.9. The van der Waals surface area contributed by atoms with E-state index in [9.17, 15) is 38.4 Å². The van der Waals surface area contributed by atoms with Crippen molar-refractivity contribution in [1.82, 2.24) is 0 Å². The van der Waals surface area contributed by atoms with Gasteiger partial charge in [-0.2, -0.15) is 0 Å². The number of carboxylic acids is 1. The molecular formula is C30H45NaO24. The first-order valence-electron chi connectivity index (χ1n) is 15.3. The molecule has 0 amide bonds. The van der Waals surface area contributed by atoms with E-state index in [1.807, 2.05) is 0 Å². The molecule has 0 aliphatic carbocycles. The van der Waals surface area contributed by atoms with E-state index in [1.54, 1.807) is 0 Å². The first-order valence-corrected chi connectivity index (χ1v) is 15.3. The number of esters is 8. The van der Waals surface area contributed by atoms with Crippen molar-refractivity contribution >= 4 is 53.7 Å². The summed E-state index contributed by atoms with van der Waals surface area (Å²) in [6.07, 6.45) is -13.9. The molecule has 0 radical (unpaired) electrons. The van der Waals surface area contributed by atoms with Gasteiger partial charge in [-0.25, -0.2) is 0 Å². The van der Waals surface area contributed by atoms with Gasteiger partial charge >= 0.3 is 83.1 Å². The standard InChI is InChI=1S/C18H24O13.C6H12O6.C4H6O3.C2H4O2.Na/c1-8(19)25-7-14-15(26-9(2)20)16(27-10(3)21)18(30-12(5)23,31-13(6)24)17(29-14)28-11(4)22;7-1-2-3(8)4(9)5(10)6(11)12-2;1-3(5)7-4(2)6;1-2(3)4;/h14-17H,7H2,1-6H3;2-11H,1H2;1-2H3;1H3,(H,3,4);/q;;;;+1/p-1. The van der Waals surface area contributed by atoms with Crippen LogP contribution in [0.2, 0.25) is 0 Å². The topological polar surface area (TPSA) is 361 Å². The zero-order chi connectivity index (χ0) is 42.7. The number of aliphatic hydroxyl groups excluding tert-OH is 5. The molecule has 24 nitrogen and oxygen atoms in total. The Balaban J connectivity index is -0.000000912. The van der Waals surface area contributed by atoms with E-state index in [1.165, 1.54) is 13.8 Å². The molecule has 0 aromatic carbocycles. The van der Waals surface area contributed by atoms with Crippen LogP contribution in [0.1, 0.15) is 62.3 Å². The molecule has 9 atom stereocenters. The fourth-order valence-corrected chi connectivity index (χ4v) is 4.11. The van der Waals surface area contributed by atoms with E-state index in [0.717, 1.165) is 48.5 Å². The van der Waals surface area contributed by atoms with Crippen LogP contribution in [0.4, 0.5) is 0 Å². The Morgan fingerprint density at radius 1 is 0.582 bits per heavy atom. The minimum atomic E-state index is -2.68. The summed E-state index contributed by atoms with van der Waals surface area (Å²) in [5.41, 5.74) is 0. The summed E-state index contributed by atoms with van der Waals surface area (Å²) in [5, 5.41) is 53.5. The summed E-state index contributed by atoms with van der Waals surface area (Å²) in [4.78, 5) is 98.7. The largest absolute Gasteiger partial charge is 1.00 e. The summed E-state index contributed by atoms with van der Waals surface area (Å²) in [6, 6.07) is 0. The summed E-state index contributed by atoms with van der Waals surface area (Å²) < 4.78 is 44.6. The quantitative estimate of drug-likeness (QED) is 0.0499. The van der Waals surface area contributed by atoms with Crippen LogP contribution in [-0.4, -0.2) is 154 Å². The van der Waals surface area contributed by atoms with E-state index in [4.69, 9.17) is 68.6 Å². The molecule has 2 heterocycles. The van der Waals surface area contributed by atoms with Crippen LogP contribution in [0.3, 0.4) is 0 Å². The van der Waals surface area contributed by atoms with E-state index < -0.39 is 128 Å². The molecule has 0 aromatic heterocycles. The molecule has 2 rings (SSSR count). The molecule has 2 aliphatic heterocycles. The van der Waals surface area contributed by atoms with Crippen molar-refractivity contribution in [3.63, 3.8) is 0 Å². The van der Waals surface area contributed by atoms with E-state index in [2.05, 4.69) is 9.47 Å². The van der Waals surface area contributed by atoms with Gasteiger partial charge in [-0.15, -0.1) is 0 Å². The minimum Gasteiger partial charge on any atom is -0.550 e. The number of aliphatic hydroxyl groups is 5. The van der Waals surface area contributed by atoms with Crippen LogP contribution in [0, 0.1) is 0 Å². The van der Waals surface area contributed by atoms with E-state index >= 15 is 0 Å². The second-order valence-electron chi connectivity index (χ2n) is 10.7. The Hall–Kier alpha value is -3.85. The summed E-state index contributed by atoms with van der Waals surface area (Å²) in [5.74, 6) is -10.5. The number of aliphatic carboxylic acids is 1. The third kappa shape index (κ3) is 21.7. The molecule has 2 saturated heterocycles. The average Bonchev–Trinajstić information content (AvgIpc) is 2.99. The van der Waals surface area contributed by atoms with Gasteiger partial charge in [0.1, 0.15) is 37.1 Å². The SMILES string of the molecule is CC(=O)OC(C)=O.CC(=O)OCC1OC(OC(C)=O)C(OC(C)=O)(OC(C)=O)C(OC(C)=O)C1OC(C)=O.CC(=O)[O-].OCC1OC(O)C(O)C(O)C1O.[Na+]. The van der Waals surface area contributed by atoms with Crippen molar-refractivity contribution in [3.05, 3.63) is 0 Å². The van der Waals surface area contributed by atoms with Crippen LogP contribution in [-0.2, 0) is 85.8 Å². The van der Waals surface area contributed by atoms with Crippen LogP contribution in [0.15, 0.2) is 0 Å². The molecule has 310 valence electrons. The predicted octanol–water partition coefficient (Wildman–Crippen LogP) is -7.84. The van der Waals surface area contributed by atoms with Gasteiger partial charge in [-0.05, 0) is 6.92 Å². The second-order valence-corrected chi connectivity index (χ2v) is 10.7. The number of carbonyl (C=O) groups excluding carboxylic acids is 9. The zero-order valence-electron chi connectivity index (χ0n) is 31.6. The van der Waals surface area contributed by atoms with Crippen LogP contribution >= 0.6 is 0 Å². The van der Waals surface area contributed by atoms with Gasteiger partial charge in [0.05, 0.1) is 6.61 Å². The summed E-state index contributed by atoms with van der Waals surface area (Å²) in [7, 11) is 0. The van der Waals surface area contributed by atoms with Gasteiger partial charge in [0, 0.05) is 61.4 Å². The maximum atomic E-state index is 11.9. The average molecular weight is 813 g/mol. The molecule has 2 aliphatic rings. The Morgan fingerprint density at radius 3 is 1.35 bits per heavy atom. The number of carbonyl (C=O) groups is 9. The first kappa shape index (κ1) is 55.5. The molecule has 0 spiro atoms. The van der Waals surface area contributed by atoms with Gasteiger partial charge in [-0.3, -0.25) is 38.4 Å². The zero-order valence-corrected chi connectivity index (χ0v) is 33.6. The van der Waals surface area contributed by atoms with Crippen LogP contribution < -0.4 is 34.7 Å². The molecule has 0 bridgehead atoms. The molecule has 55 heavy (non-hydrogen) atoms. The Morgan fingerprint density at radius 2 is 1.02 bits per heavy atom. The predicted molar refractivity (Wildman–Crippen MR) is 164 cm³/mol. The van der Waals surface area contributed by atoms with Crippen LogP contribution in [0.5, 0.6) is 0 Å². The Kier molecular flexibility index (Phi) is 27.1. The number of hydrogen-bond donors (Lipinski definition) is 5. The van der Waals surface area contributed by atoms with Gasteiger partial charge in [-0.1, -0.05) is 0 Å². The molecule has 0 saturated carbocycles. The van der Waals surface area contributed by atoms with E-state index in [-0.39, 0.29) is 29.6 Å². The van der Waals surface area contributed by atoms with Gasteiger partial charge in [0.25, 0.3) is 6.29 Å². The summed E-state index contributed by atoms with van der Waals surface area (Å²) >= 11 is 0. The molecule has 9 unspecified atom stereocenters. The minimum absolute atomic E-state index is 0. The van der Waals surface area contributed by atoms with Gasteiger partial charge in [0.15, 0.2) is 12.4 Å². The number of ether oxygens (including phenoxy) is 9. The van der Waals surface area contributed by atoms with Crippen molar-refractivity contribution < 1.29 is 146 Å². The number of rotatable bonds is 8. The Bertz CT molecular complexity index is 1280. The Labute approximate surface area is 335 Å². The van der Waals surface area contributed by atoms with E-state index in [0.29, 0.717) is 0 Å². The normalized spacial score (nSPS) is 25.8. The molecule has 0 aromatic rings. The van der Waals surface area contributed by atoms with Gasteiger partial charge in [0.2, 0.25) is 6.10 Å². The summed E-state index contributed by atoms with van der Waals surface area (Å²) in [6.45, 7) is 8.22.